The van der Waals surface area contributed by atoms with Crippen molar-refractivity contribution in [2.24, 2.45) is 0 Å². The molecule has 7 heteroatoms. The van der Waals surface area contributed by atoms with Crippen LogP contribution in [0, 0.1) is 0 Å². The van der Waals surface area contributed by atoms with Gasteiger partial charge in [-0.05, 0) is 37.5 Å². The van der Waals surface area contributed by atoms with Crippen molar-refractivity contribution in [1.82, 2.24) is 20.2 Å². The van der Waals surface area contributed by atoms with Crippen LogP contribution in [0.3, 0.4) is 0 Å². The van der Waals surface area contributed by atoms with Gasteiger partial charge in [0.05, 0.1) is 12.1 Å². The van der Waals surface area contributed by atoms with Gasteiger partial charge in [-0.15, -0.1) is 0 Å². The molecule has 1 saturated heterocycles. The Morgan fingerprint density at radius 3 is 2.83 bits per heavy atom. The highest BCUT2D eigenvalue weighted by Crippen LogP contribution is 2.15. The number of hydrogen-bond donors (Lipinski definition) is 2. The molecule has 0 radical (unpaired) electrons. The van der Waals surface area contributed by atoms with Crippen LogP contribution in [-0.4, -0.2) is 46.4 Å². The number of hydrogen-bond acceptors (Lipinski definition) is 4. The first kappa shape index (κ1) is 15.2. The Bertz CT molecular complexity index is 712. The molecule has 1 aliphatic heterocycles. The number of aromatic nitrogens is 2. The van der Waals surface area contributed by atoms with E-state index in [4.69, 9.17) is 0 Å². The standard InChI is InChI=1S/C16H19N5O2/c22-15(21-6-2-1-3-7-21)10-18-16(23)20-13-5-4-12-9-17-11-19-14(12)8-13/h4-5,8-9,11H,1-3,6-7,10H2,(H2,18,20,23). The lowest BCUT2D eigenvalue weighted by molar-refractivity contribution is -0.130. The topological polar surface area (TPSA) is 87.2 Å². The average molecular weight is 313 g/mol. The molecule has 0 bridgehead atoms. The first-order chi connectivity index (χ1) is 11.2. The van der Waals surface area contributed by atoms with Gasteiger partial charge in [-0.3, -0.25) is 4.79 Å². The largest absolute Gasteiger partial charge is 0.341 e. The minimum Gasteiger partial charge on any atom is -0.341 e. The molecule has 7 nitrogen and oxygen atoms in total. The molecule has 120 valence electrons. The highest BCUT2D eigenvalue weighted by molar-refractivity contribution is 5.94. The zero-order valence-electron chi connectivity index (χ0n) is 12.8. The van der Waals surface area contributed by atoms with E-state index in [0.29, 0.717) is 5.69 Å². The summed E-state index contributed by atoms with van der Waals surface area (Å²) < 4.78 is 0. The zero-order chi connectivity index (χ0) is 16.1. The monoisotopic (exact) mass is 313 g/mol. The number of amides is 3. The van der Waals surface area contributed by atoms with Crippen molar-refractivity contribution in [2.45, 2.75) is 19.3 Å². The Morgan fingerprint density at radius 1 is 1.17 bits per heavy atom. The average Bonchev–Trinajstić information content (AvgIpc) is 2.60. The molecule has 3 amide bonds. The number of likely N-dealkylation sites (tertiary alicyclic amines) is 1. The summed E-state index contributed by atoms with van der Waals surface area (Å²) in [6.45, 7) is 1.58. The van der Waals surface area contributed by atoms with Crippen LogP contribution < -0.4 is 10.6 Å². The fourth-order valence-corrected chi connectivity index (χ4v) is 2.64. The Kier molecular flexibility index (Phi) is 4.65. The van der Waals surface area contributed by atoms with Gasteiger partial charge in [0.15, 0.2) is 0 Å². The van der Waals surface area contributed by atoms with Crippen molar-refractivity contribution in [1.29, 1.82) is 0 Å². The summed E-state index contributed by atoms with van der Waals surface area (Å²) in [7, 11) is 0. The first-order valence-electron chi connectivity index (χ1n) is 7.75. The van der Waals surface area contributed by atoms with Crippen molar-refractivity contribution in [2.75, 3.05) is 25.0 Å². The van der Waals surface area contributed by atoms with E-state index in [1.54, 1.807) is 23.2 Å². The number of urea groups is 1. The van der Waals surface area contributed by atoms with Crippen LogP contribution >= 0.6 is 0 Å². The van der Waals surface area contributed by atoms with Gasteiger partial charge < -0.3 is 15.5 Å². The number of carbonyl (C=O) groups excluding carboxylic acids is 2. The van der Waals surface area contributed by atoms with Gasteiger partial charge in [-0.2, -0.15) is 0 Å². The third kappa shape index (κ3) is 3.94. The minimum atomic E-state index is -0.399. The number of piperidine rings is 1. The molecule has 0 spiro atoms. The second-order valence-corrected chi connectivity index (χ2v) is 5.55. The molecule has 2 N–H and O–H groups in total. The summed E-state index contributed by atoms with van der Waals surface area (Å²) in [5.74, 6) is -0.0360. The predicted octanol–water partition coefficient (Wildman–Crippen LogP) is 1.76. The van der Waals surface area contributed by atoms with Gasteiger partial charge in [0.25, 0.3) is 0 Å². The second-order valence-electron chi connectivity index (χ2n) is 5.55. The van der Waals surface area contributed by atoms with Crippen LogP contribution in [0.4, 0.5) is 10.5 Å². The van der Waals surface area contributed by atoms with E-state index in [-0.39, 0.29) is 12.5 Å². The Hall–Kier alpha value is -2.70. The van der Waals surface area contributed by atoms with Crippen molar-refractivity contribution in [3.05, 3.63) is 30.7 Å². The predicted molar refractivity (Wildman–Crippen MR) is 87.0 cm³/mol. The summed E-state index contributed by atoms with van der Waals surface area (Å²) in [5, 5.41) is 6.22. The van der Waals surface area contributed by atoms with Crippen LogP contribution in [0.15, 0.2) is 30.7 Å². The summed E-state index contributed by atoms with van der Waals surface area (Å²) in [5.41, 5.74) is 1.38. The number of fused-ring (bicyclic) bond motifs is 1. The zero-order valence-corrected chi connectivity index (χ0v) is 12.8. The molecule has 1 aromatic heterocycles. The maximum absolute atomic E-state index is 12.0. The Labute approximate surface area is 134 Å². The normalized spacial score (nSPS) is 14.5. The lowest BCUT2D eigenvalue weighted by atomic mass is 10.1. The van der Waals surface area contributed by atoms with Crippen LogP contribution in [-0.2, 0) is 4.79 Å². The molecule has 1 aliphatic rings. The maximum Gasteiger partial charge on any atom is 0.319 e. The van der Waals surface area contributed by atoms with Gasteiger partial charge in [0, 0.05) is 30.4 Å². The van der Waals surface area contributed by atoms with E-state index in [9.17, 15) is 9.59 Å². The molecule has 1 fully saturated rings. The number of nitrogens with one attached hydrogen (secondary N) is 2. The smallest absolute Gasteiger partial charge is 0.319 e. The molecule has 2 heterocycles. The third-order valence-electron chi connectivity index (χ3n) is 3.87. The van der Waals surface area contributed by atoms with Crippen molar-refractivity contribution in [3.8, 4) is 0 Å². The van der Waals surface area contributed by atoms with Gasteiger partial charge in [-0.25, -0.2) is 14.8 Å². The van der Waals surface area contributed by atoms with E-state index < -0.39 is 6.03 Å². The molecular formula is C16H19N5O2. The Balaban J connectivity index is 1.52. The van der Waals surface area contributed by atoms with Crippen molar-refractivity contribution < 1.29 is 9.59 Å². The molecule has 0 saturated carbocycles. The quantitative estimate of drug-likeness (QED) is 0.904. The Morgan fingerprint density at radius 2 is 2.00 bits per heavy atom. The SMILES string of the molecule is O=C(NCC(=O)N1CCCCC1)Nc1ccc2cncnc2c1. The van der Waals surface area contributed by atoms with Crippen LogP contribution in [0.5, 0.6) is 0 Å². The van der Waals surface area contributed by atoms with Crippen LogP contribution in [0.2, 0.25) is 0 Å². The molecule has 1 aromatic carbocycles. The van der Waals surface area contributed by atoms with Gasteiger partial charge in [0.1, 0.15) is 6.33 Å². The highest BCUT2D eigenvalue weighted by Gasteiger charge is 2.16. The fourth-order valence-electron chi connectivity index (χ4n) is 2.64. The molecular weight excluding hydrogens is 294 g/mol. The number of carbonyl (C=O) groups is 2. The van der Waals surface area contributed by atoms with E-state index in [1.165, 1.54) is 12.7 Å². The molecule has 0 unspecified atom stereocenters. The first-order valence-corrected chi connectivity index (χ1v) is 7.75. The molecule has 3 rings (SSSR count). The summed E-state index contributed by atoms with van der Waals surface area (Å²) in [6.07, 6.45) is 6.42. The highest BCUT2D eigenvalue weighted by atomic mass is 16.2. The fraction of sp³-hybridized carbons (Fsp3) is 0.375. The van der Waals surface area contributed by atoms with Crippen molar-refractivity contribution >= 4 is 28.5 Å². The lowest BCUT2D eigenvalue weighted by Gasteiger charge is -2.26. The summed E-state index contributed by atoms with van der Waals surface area (Å²) in [6, 6.07) is 4.98. The third-order valence-corrected chi connectivity index (χ3v) is 3.87. The molecule has 23 heavy (non-hydrogen) atoms. The number of anilines is 1. The van der Waals surface area contributed by atoms with Gasteiger partial charge in [0.2, 0.25) is 5.91 Å². The molecule has 2 aromatic rings. The van der Waals surface area contributed by atoms with Crippen LogP contribution in [0.1, 0.15) is 19.3 Å². The number of rotatable bonds is 3. The minimum absolute atomic E-state index is 0.0155. The van der Waals surface area contributed by atoms with E-state index in [0.717, 1.165) is 36.8 Å². The molecule has 0 atom stereocenters. The lowest BCUT2D eigenvalue weighted by Crippen LogP contribution is -2.43. The number of nitrogens with zero attached hydrogens (tertiary/aromatic N) is 3. The van der Waals surface area contributed by atoms with Gasteiger partial charge in [-0.1, -0.05) is 0 Å². The summed E-state index contributed by atoms with van der Waals surface area (Å²) in [4.78, 5) is 33.8. The number of benzene rings is 1. The van der Waals surface area contributed by atoms with E-state index in [1.807, 2.05) is 6.07 Å². The maximum atomic E-state index is 12.0. The second kappa shape index (κ2) is 7.04. The van der Waals surface area contributed by atoms with Crippen LogP contribution in [0.25, 0.3) is 10.9 Å². The van der Waals surface area contributed by atoms with E-state index >= 15 is 0 Å². The van der Waals surface area contributed by atoms with Crippen molar-refractivity contribution in [3.63, 3.8) is 0 Å². The molecule has 0 aliphatic carbocycles. The van der Waals surface area contributed by atoms with Gasteiger partial charge >= 0.3 is 6.03 Å². The summed E-state index contributed by atoms with van der Waals surface area (Å²) >= 11 is 0. The van der Waals surface area contributed by atoms with E-state index in [2.05, 4.69) is 20.6 Å².